The molecule has 32 heavy (non-hydrogen) atoms. The van der Waals surface area contributed by atoms with Crippen molar-refractivity contribution in [2.45, 2.75) is 25.2 Å². The van der Waals surface area contributed by atoms with E-state index in [1.165, 1.54) is 34.8 Å². The summed E-state index contributed by atoms with van der Waals surface area (Å²) < 4.78 is 32.3. The molecule has 1 amide bonds. The largest absolute Gasteiger partial charge is 0.426 e. The van der Waals surface area contributed by atoms with E-state index in [-0.39, 0.29) is 23.8 Å². The van der Waals surface area contributed by atoms with E-state index in [4.69, 9.17) is 4.74 Å². The van der Waals surface area contributed by atoms with Crippen LogP contribution in [0.5, 0.6) is 5.75 Å². The average Bonchev–Trinajstić information content (AvgIpc) is 3.30. The van der Waals surface area contributed by atoms with Crippen molar-refractivity contribution in [3.63, 3.8) is 0 Å². The number of hydrogen-bond acceptors (Lipinski definition) is 6. The number of hydrogen-bond donors (Lipinski definition) is 1. The van der Waals surface area contributed by atoms with Crippen molar-refractivity contribution in [2.24, 2.45) is 0 Å². The van der Waals surface area contributed by atoms with Gasteiger partial charge in [0, 0.05) is 24.5 Å². The summed E-state index contributed by atoms with van der Waals surface area (Å²) >= 11 is 1.42. The number of carbonyl (C=O) groups excluding carboxylic acids is 2. The van der Waals surface area contributed by atoms with E-state index in [2.05, 4.69) is 5.32 Å². The van der Waals surface area contributed by atoms with Crippen LogP contribution in [0.2, 0.25) is 0 Å². The van der Waals surface area contributed by atoms with Crippen molar-refractivity contribution in [2.75, 3.05) is 17.9 Å². The first-order valence-corrected chi connectivity index (χ1v) is 12.2. The lowest BCUT2D eigenvalue weighted by Gasteiger charge is -2.20. The summed E-state index contributed by atoms with van der Waals surface area (Å²) in [6.45, 7) is 3.95. The fraction of sp³-hybridized carbons (Fsp3) is 0.217. The van der Waals surface area contributed by atoms with Gasteiger partial charge in [0.2, 0.25) is 0 Å². The number of esters is 1. The Labute approximate surface area is 191 Å². The molecule has 3 aromatic rings. The van der Waals surface area contributed by atoms with E-state index in [9.17, 15) is 18.0 Å². The van der Waals surface area contributed by atoms with Gasteiger partial charge in [0.25, 0.3) is 15.9 Å². The second kappa shape index (κ2) is 9.97. The summed E-state index contributed by atoms with van der Waals surface area (Å²) in [7, 11) is -2.25. The molecular formula is C23H24N2O5S2. The van der Waals surface area contributed by atoms with Crippen LogP contribution in [0, 0.1) is 13.8 Å². The molecule has 0 saturated heterocycles. The molecule has 0 spiro atoms. The molecule has 0 radical (unpaired) electrons. The Morgan fingerprint density at radius 2 is 1.75 bits per heavy atom. The Morgan fingerprint density at radius 1 is 1.03 bits per heavy atom. The average molecular weight is 473 g/mol. The Balaban J connectivity index is 1.57. The summed E-state index contributed by atoms with van der Waals surface area (Å²) in [5, 5.41) is 6.19. The summed E-state index contributed by atoms with van der Waals surface area (Å²) in [4.78, 5) is 24.1. The zero-order valence-electron chi connectivity index (χ0n) is 18.0. The monoisotopic (exact) mass is 472 g/mol. The van der Waals surface area contributed by atoms with Gasteiger partial charge >= 0.3 is 5.97 Å². The standard InChI is InChI=1S/C23H24N2O5S2/c1-16-4-9-21(14-17(16)2)32(28,29)25(3)19-5-7-20(8-6-19)30-22(26)10-12-24-23(27)18-11-13-31-15-18/h4-9,11,13-15H,10,12H2,1-3H3,(H,24,27). The molecule has 1 N–H and O–H groups in total. The van der Waals surface area contributed by atoms with Crippen molar-refractivity contribution in [3.8, 4) is 5.75 Å². The molecule has 168 valence electrons. The van der Waals surface area contributed by atoms with Crippen molar-refractivity contribution in [1.82, 2.24) is 5.32 Å². The fourth-order valence-electron chi connectivity index (χ4n) is 2.85. The maximum Gasteiger partial charge on any atom is 0.312 e. The lowest BCUT2D eigenvalue weighted by Crippen LogP contribution is -2.27. The highest BCUT2D eigenvalue weighted by Gasteiger charge is 2.22. The van der Waals surface area contributed by atoms with Crippen LogP contribution in [0.15, 0.2) is 64.2 Å². The first-order chi connectivity index (χ1) is 15.2. The molecule has 0 aliphatic rings. The summed E-state index contributed by atoms with van der Waals surface area (Å²) in [5.74, 6) is -0.448. The number of benzene rings is 2. The van der Waals surface area contributed by atoms with Crippen LogP contribution >= 0.6 is 11.3 Å². The SMILES string of the molecule is Cc1ccc(S(=O)(=O)N(C)c2ccc(OC(=O)CCNC(=O)c3ccsc3)cc2)cc1C. The van der Waals surface area contributed by atoms with Gasteiger partial charge in [-0.15, -0.1) is 0 Å². The molecule has 3 rings (SSSR count). The zero-order valence-corrected chi connectivity index (χ0v) is 19.6. The number of nitrogens with zero attached hydrogens (tertiary/aromatic N) is 1. The molecule has 1 aromatic heterocycles. The molecule has 9 heteroatoms. The molecule has 0 unspecified atom stereocenters. The van der Waals surface area contributed by atoms with Gasteiger partial charge in [0.05, 0.1) is 17.0 Å². The first-order valence-electron chi connectivity index (χ1n) is 9.86. The van der Waals surface area contributed by atoms with Crippen LogP contribution in [-0.2, 0) is 14.8 Å². The number of carbonyl (C=O) groups is 2. The smallest absolute Gasteiger partial charge is 0.312 e. The van der Waals surface area contributed by atoms with Crippen LogP contribution < -0.4 is 14.4 Å². The lowest BCUT2D eigenvalue weighted by molar-refractivity contribution is -0.134. The first kappa shape index (κ1) is 23.5. The minimum Gasteiger partial charge on any atom is -0.426 e. The minimum absolute atomic E-state index is 0.0126. The molecule has 2 aromatic carbocycles. The summed E-state index contributed by atoms with van der Waals surface area (Å²) in [6, 6.07) is 12.9. The lowest BCUT2D eigenvalue weighted by atomic mass is 10.1. The minimum atomic E-state index is -3.72. The molecular weight excluding hydrogens is 448 g/mol. The molecule has 0 atom stereocenters. The maximum absolute atomic E-state index is 12.9. The molecule has 0 aliphatic heterocycles. The number of nitrogens with one attached hydrogen (secondary N) is 1. The van der Waals surface area contributed by atoms with Gasteiger partial charge in [0.15, 0.2) is 0 Å². The molecule has 0 saturated carbocycles. The Kier molecular flexibility index (Phi) is 7.32. The van der Waals surface area contributed by atoms with Gasteiger partial charge in [-0.25, -0.2) is 8.42 Å². The van der Waals surface area contributed by atoms with E-state index < -0.39 is 16.0 Å². The highest BCUT2D eigenvalue weighted by atomic mass is 32.2. The third-order valence-electron chi connectivity index (χ3n) is 4.97. The Hall–Kier alpha value is -3.17. The molecule has 1 heterocycles. The van der Waals surface area contributed by atoms with Crippen molar-refractivity contribution in [3.05, 3.63) is 76.0 Å². The second-order valence-electron chi connectivity index (χ2n) is 7.20. The van der Waals surface area contributed by atoms with Crippen molar-refractivity contribution < 1.29 is 22.7 Å². The predicted molar refractivity (Wildman–Crippen MR) is 125 cm³/mol. The van der Waals surface area contributed by atoms with E-state index in [0.717, 1.165) is 11.1 Å². The highest BCUT2D eigenvalue weighted by Crippen LogP contribution is 2.25. The Bertz CT molecular complexity index is 1200. The second-order valence-corrected chi connectivity index (χ2v) is 9.95. The van der Waals surface area contributed by atoms with Gasteiger partial charge < -0.3 is 10.1 Å². The van der Waals surface area contributed by atoms with Crippen LogP contribution in [0.1, 0.15) is 27.9 Å². The zero-order chi connectivity index (χ0) is 23.3. The number of rotatable bonds is 8. The topological polar surface area (TPSA) is 92.8 Å². The van der Waals surface area contributed by atoms with E-state index >= 15 is 0 Å². The molecule has 0 aliphatic carbocycles. The number of aryl methyl sites for hydroxylation is 2. The Morgan fingerprint density at radius 3 is 2.38 bits per heavy atom. The van der Waals surface area contributed by atoms with E-state index in [1.807, 2.05) is 13.8 Å². The van der Waals surface area contributed by atoms with Crippen LogP contribution in [-0.4, -0.2) is 33.9 Å². The molecule has 0 bridgehead atoms. The third-order valence-corrected chi connectivity index (χ3v) is 7.43. The number of amides is 1. The molecule has 0 fully saturated rings. The molecule has 7 nitrogen and oxygen atoms in total. The van der Waals surface area contributed by atoms with Gasteiger partial charge in [-0.3, -0.25) is 13.9 Å². The van der Waals surface area contributed by atoms with Crippen LogP contribution in [0.3, 0.4) is 0 Å². The third kappa shape index (κ3) is 5.54. The van der Waals surface area contributed by atoms with Gasteiger partial charge in [0.1, 0.15) is 5.75 Å². The quantitative estimate of drug-likeness (QED) is 0.396. The number of thiophene rings is 1. The fourth-order valence-corrected chi connectivity index (χ4v) is 4.77. The van der Waals surface area contributed by atoms with Crippen molar-refractivity contribution in [1.29, 1.82) is 0 Å². The van der Waals surface area contributed by atoms with Crippen LogP contribution in [0.4, 0.5) is 5.69 Å². The number of sulfonamides is 1. The number of ether oxygens (including phenoxy) is 1. The van der Waals surface area contributed by atoms with Gasteiger partial charge in [-0.2, -0.15) is 11.3 Å². The van der Waals surface area contributed by atoms with Gasteiger partial charge in [-0.05, 0) is 72.8 Å². The highest BCUT2D eigenvalue weighted by molar-refractivity contribution is 7.92. The van der Waals surface area contributed by atoms with E-state index in [1.54, 1.807) is 47.2 Å². The van der Waals surface area contributed by atoms with E-state index in [0.29, 0.717) is 17.0 Å². The number of anilines is 1. The predicted octanol–water partition coefficient (Wildman–Crippen LogP) is 3.92. The normalized spacial score (nSPS) is 11.1. The summed E-state index contributed by atoms with van der Waals surface area (Å²) in [5.41, 5.74) is 2.90. The summed E-state index contributed by atoms with van der Waals surface area (Å²) in [6.07, 6.45) is 0.0126. The maximum atomic E-state index is 12.9. The van der Waals surface area contributed by atoms with Crippen molar-refractivity contribution >= 4 is 38.9 Å². The van der Waals surface area contributed by atoms with Crippen LogP contribution in [0.25, 0.3) is 0 Å². The van der Waals surface area contributed by atoms with Gasteiger partial charge in [-0.1, -0.05) is 6.07 Å².